The highest BCUT2D eigenvalue weighted by Gasteiger charge is 2.15. The zero-order valence-electron chi connectivity index (χ0n) is 10.2. The van der Waals surface area contributed by atoms with Crippen LogP contribution in [0.5, 0.6) is 0 Å². The molecule has 0 aliphatic rings. The summed E-state index contributed by atoms with van der Waals surface area (Å²) in [6, 6.07) is 5.61. The molecule has 1 aromatic heterocycles. The highest BCUT2D eigenvalue weighted by Crippen LogP contribution is 2.27. The van der Waals surface area contributed by atoms with E-state index in [1.54, 1.807) is 10.7 Å². The third-order valence-electron chi connectivity index (χ3n) is 2.75. The van der Waals surface area contributed by atoms with E-state index in [9.17, 15) is 0 Å². The minimum Gasteiger partial charge on any atom is -0.313 e. The molecule has 18 heavy (non-hydrogen) atoms. The second-order valence-electron chi connectivity index (χ2n) is 4.09. The molecule has 0 fully saturated rings. The standard InChI is InChI=1S/C12H14Cl2N4/c1-15-12(6-9-7-18(2)17-16-9)10-4-3-8(13)5-11(10)14/h3-5,7,12,15H,6H2,1-2H3. The van der Waals surface area contributed by atoms with Gasteiger partial charge in [-0.25, -0.2) is 0 Å². The van der Waals surface area contributed by atoms with Crippen LogP contribution in [0.15, 0.2) is 24.4 Å². The van der Waals surface area contributed by atoms with Crippen molar-refractivity contribution in [3.8, 4) is 0 Å². The van der Waals surface area contributed by atoms with E-state index in [1.165, 1.54) is 0 Å². The summed E-state index contributed by atoms with van der Waals surface area (Å²) in [6.45, 7) is 0. The van der Waals surface area contributed by atoms with Gasteiger partial charge in [-0.2, -0.15) is 0 Å². The number of halogens is 2. The minimum absolute atomic E-state index is 0.0893. The van der Waals surface area contributed by atoms with E-state index in [4.69, 9.17) is 23.2 Å². The molecule has 2 aromatic rings. The summed E-state index contributed by atoms with van der Waals surface area (Å²) in [6.07, 6.45) is 2.62. The monoisotopic (exact) mass is 284 g/mol. The van der Waals surface area contributed by atoms with Crippen LogP contribution in [-0.2, 0) is 13.5 Å². The van der Waals surface area contributed by atoms with Gasteiger partial charge in [-0.3, -0.25) is 4.68 Å². The van der Waals surface area contributed by atoms with Gasteiger partial charge < -0.3 is 5.32 Å². The summed E-state index contributed by atoms with van der Waals surface area (Å²) in [5.74, 6) is 0. The predicted molar refractivity (Wildman–Crippen MR) is 73.0 cm³/mol. The van der Waals surface area contributed by atoms with Crippen LogP contribution >= 0.6 is 23.2 Å². The molecule has 1 heterocycles. The van der Waals surface area contributed by atoms with E-state index < -0.39 is 0 Å². The number of benzene rings is 1. The zero-order chi connectivity index (χ0) is 13.1. The smallest absolute Gasteiger partial charge is 0.0845 e. The molecule has 1 unspecified atom stereocenters. The van der Waals surface area contributed by atoms with Crippen molar-refractivity contribution in [3.05, 3.63) is 45.7 Å². The molecule has 1 atom stereocenters. The maximum Gasteiger partial charge on any atom is 0.0845 e. The molecule has 6 heteroatoms. The Morgan fingerprint density at radius 3 is 2.72 bits per heavy atom. The lowest BCUT2D eigenvalue weighted by atomic mass is 10.0. The molecule has 0 saturated carbocycles. The second kappa shape index (κ2) is 5.69. The predicted octanol–water partition coefficient (Wildman–Crippen LogP) is 2.63. The van der Waals surface area contributed by atoms with Crippen molar-refractivity contribution in [2.45, 2.75) is 12.5 Å². The Labute approximate surface area is 116 Å². The van der Waals surface area contributed by atoms with Crippen LogP contribution in [0.25, 0.3) is 0 Å². The van der Waals surface area contributed by atoms with Gasteiger partial charge in [0.1, 0.15) is 0 Å². The quantitative estimate of drug-likeness (QED) is 0.939. The maximum absolute atomic E-state index is 6.21. The first-order chi connectivity index (χ1) is 8.60. The Hall–Kier alpha value is -1.10. The third kappa shape index (κ3) is 3.02. The van der Waals surface area contributed by atoms with Crippen LogP contribution < -0.4 is 5.32 Å². The van der Waals surface area contributed by atoms with E-state index >= 15 is 0 Å². The van der Waals surface area contributed by atoms with Crippen molar-refractivity contribution in [3.63, 3.8) is 0 Å². The van der Waals surface area contributed by atoms with Crippen molar-refractivity contribution in [2.75, 3.05) is 7.05 Å². The molecular weight excluding hydrogens is 271 g/mol. The molecule has 0 saturated heterocycles. The third-order valence-corrected chi connectivity index (χ3v) is 3.31. The van der Waals surface area contributed by atoms with E-state index in [-0.39, 0.29) is 6.04 Å². The average Bonchev–Trinajstić information content (AvgIpc) is 2.72. The first-order valence-corrected chi connectivity index (χ1v) is 6.33. The Kier molecular flexibility index (Phi) is 4.22. The average molecular weight is 285 g/mol. The van der Waals surface area contributed by atoms with Gasteiger partial charge in [0.25, 0.3) is 0 Å². The topological polar surface area (TPSA) is 42.7 Å². The number of hydrogen-bond donors (Lipinski definition) is 1. The number of likely N-dealkylation sites (N-methyl/N-ethyl adjacent to an activating group) is 1. The molecule has 0 aliphatic carbocycles. The Morgan fingerprint density at radius 2 is 2.17 bits per heavy atom. The summed E-state index contributed by atoms with van der Waals surface area (Å²) < 4.78 is 1.69. The summed E-state index contributed by atoms with van der Waals surface area (Å²) >= 11 is 12.1. The molecule has 1 N–H and O–H groups in total. The van der Waals surface area contributed by atoms with Gasteiger partial charge in [-0.15, -0.1) is 5.10 Å². The molecule has 96 valence electrons. The Morgan fingerprint density at radius 1 is 1.39 bits per heavy atom. The normalized spacial score (nSPS) is 12.7. The van der Waals surface area contributed by atoms with Crippen molar-refractivity contribution in [1.82, 2.24) is 20.3 Å². The fourth-order valence-electron chi connectivity index (χ4n) is 1.85. The summed E-state index contributed by atoms with van der Waals surface area (Å²) in [5, 5.41) is 12.5. The van der Waals surface area contributed by atoms with Gasteiger partial charge in [-0.1, -0.05) is 34.5 Å². The van der Waals surface area contributed by atoms with Crippen LogP contribution in [0.1, 0.15) is 17.3 Å². The fourth-order valence-corrected chi connectivity index (χ4v) is 2.39. The van der Waals surface area contributed by atoms with Gasteiger partial charge >= 0.3 is 0 Å². The van der Waals surface area contributed by atoms with Gasteiger partial charge in [0.15, 0.2) is 0 Å². The molecule has 0 bridgehead atoms. The Balaban J connectivity index is 2.22. The van der Waals surface area contributed by atoms with Crippen molar-refractivity contribution < 1.29 is 0 Å². The summed E-state index contributed by atoms with van der Waals surface area (Å²) in [7, 11) is 3.74. The van der Waals surface area contributed by atoms with Crippen molar-refractivity contribution in [2.24, 2.45) is 7.05 Å². The Bertz CT molecular complexity index is 539. The van der Waals surface area contributed by atoms with Gasteiger partial charge in [-0.05, 0) is 24.7 Å². The molecule has 0 aliphatic heterocycles. The number of rotatable bonds is 4. The SMILES string of the molecule is CNC(Cc1cn(C)nn1)c1ccc(Cl)cc1Cl. The summed E-state index contributed by atoms with van der Waals surface area (Å²) in [4.78, 5) is 0. The molecule has 4 nitrogen and oxygen atoms in total. The molecule has 0 radical (unpaired) electrons. The van der Waals surface area contributed by atoms with E-state index in [0.717, 1.165) is 17.7 Å². The van der Waals surface area contributed by atoms with E-state index in [2.05, 4.69) is 15.6 Å². The van der Waals surface area contributed by atoms with E-state index in [1.807, 2.05) is 32.4 Å². The largest absolute Gasteiger partial charge is 0.313 e. The van der Waals surface area contributed by atoms with Crippen LogP contribution in [-0.4, -0.2) is 22.0 Å². The highest BCUT2D eigenvalue weighted by molar-refractivity contribution is 6.35. The van der Waals surface area contributed by atoms with Crippen LogP contribution in [0.4, 0.5) is 0 Å². The van der Waals surface area contributed by atoms with Gasteiger partial charge in [0.05, 0.1) is 5.69 Å². The highest BCUT2D eigenvalue weighted by atomic mass is 35.5. The molecule has 0 amide bonds. The first kappa shape index (κ1) is 13.3. The number of nitrogens with zero attached hydrogens (tertiary/aromatic N) is 3. The molecule has 0 spiro atoms. The van der Waals surface area contributed by atoms with E-state index in [0.29, 0.717) is 10.0 Å². The summed E-state index contributed by atoms with van der Waals surface area (Å²) in [5.41, 5.74) is 1.93. The number of hydrogen-bond acceptors (Lipinski definition) is 3. The van der Waals surface area contributed by atoms with Crippen LogP contribution in [0.3, 0.4) is 0 Å². The molecule has 2 rings (SSSR count). The minimum atomic E-state index is 0.0893. The number of aryl methyl sites for hydroxylation is 1. The maximum atomic E-state index is 6.21. The second-order valence-corrected chi connectivity index (χ2v) is 4.94. The molecule has 1 aromatic carbocycles. The zero-order valence-corrected chi connectivity index (χ0v) is 11.7. The lowest BCUT2D eigenvalue weighted by Gasteiger charge is -2.16. The van der Waals surface area contributed by atoms with Crippen molar-refractivity contribution >= 4 is 23.2 Å². The fraction of sp³-hybridized carbons (Fsp3) is 0.333. The first-order valence-electron chi connectivity index (χ1n) is 5.57. The lowest BCUT2D eigenvalue weighted by molar-refractivity contribution is 0.583. The number of nitrogens with one attached hydrogen (secondary N) is 1. The van der Waals surface area contributed by atoms with Crippen LogP contribution in [0, 0.1) is 0 Å². The van der Waals surface area contributed by atoms with Gasteiger partial charge in [0, 0.05) is 35.8 Å². The van der Waals surface area contributed by atoms with Crippen molar-refractivity contribution in [1.29, 1.82) is 0 Å². The lowest BCUT2D eigenvalue weighted by Crippen LogP contribution is -2.19. The molecular formula is C12H14Cl2N4. The number of aromatic nitrogens is 3. The van der Waals surface area contributed by atoms with Crippen LogP contribution in [0.2, 0.25) is 10.0 Å². The van der Waals surface area contributed by atoms with Gasteiger partial charge in [0.2, 0.25) is 0 Å².